The van der Waals surface area contributed by atoms with Crippen molar-refractivity contribution in [2.24, 2.45) is 0 Å². The summed E-state index contributed by atoms with van der Waals surface area (Å²) in [6.07, 6.45) is 6.88. The minimum absolute atomic E-state index is 0.209. The highest BCUT2D eigenvalue weighted by atomic mass is 16.5. The number of hydrogen-bond donors (Lipinski definition) is 0. The average molecular weight is 360 g/mol. The molecule has 1 saturated carbocycles. The summed E-state index contributed by atoms with van der Waals surface area (Å²) in [5, 5.41) is 0. The zero-order valence-corrected chi connectivity index (χ0v) is 16.2. The van der Waals surface area contributed by atoms with Crippen LogP contribution in [-0.4, -0.2) is 67.7 Å². The van der Waals surface area contributed by atoms with Gasteiger partial charge in [-0.15, -0.1) is 0 Å². The highest BCUT2D eigenvalue weighted by Crippen LogP contribution is 2.27. The number of ether oxygens (including phenoxy) is 2. The van der Waals surface area contributed by atoms with Crippen LogP contribution in [0.2, 0.25) is 0 Å². The molecule has 1 atom stereocenters. The smallest absolute Gasteiger partial charge is 0.236 e. The normalized spacial score (nSPS) is 24.2. The van der Waals surface area contributed by atoms with Crippen LogP contribution in [0.25, 0.3) is 0 Å². The van der Waals surface area contributed by atoms with E-state index in [1.165, 1.54) is 25.7 Å². The van der Waals surface area contributed by atoms with Gasteiger partial charge < -0.3 is 14.4 Å². The summed E-state index contributed by atoms with van der Waals surface area (Å²) >= 11 is 0. The quantitative estimate of drug-likeness (QED) is 0.750. The second-order valence-corrected chi connectivity index (χ2v) is 7.76. The summed E-state index contributed by atoms with van der Waals surface area (Å²) in [6.45, 7) is 2.39. The Labute approximate surface area is 157 Å². The summed E-state index contributed by atoms with van der Waals surface area (Å²) < 4.78 is 11.8. The summed E-state index contributed by atoms with van der Waals surface area (Å²) in [5.41, 5.74) is -0.421. The fraction of sp³-hybridized carbons (Fsp3) is 0.667. The van der Waals surface area contributed by atoms with E-state index in [4.69, 9.17) is 9.47 Å². The van der Waals surface area contributed by atoms with Gasteiger partial charge in [0, 0.05) is 19.7 Å². The minimum atomic E-state index is -0.421. The van der Waals surface area contributed by atoms with E-state index in [2.05, 4.69) is 11.9 Å². The molecule has 3 rings (SSSR count). The van der Waals surface area contributed by atoms with Crippen molar-refractivity contribution in [3.8, 4) is 5.75 Å². The van der Waals surface area contributed by atoms with Gasteiger partial charge in [0.2, 0.25) is 5.91 Å². The lowest BCUT2D eigenvalue weighted by Crippen LogP contribution is -2.56. The Kier molecular flexibility index (Phi) is 6.54. The summed E-state index contributed by atoms with van der Waals surface area (Å²) in [7, 11) is 3.81. The number of rotatable bonds is 7. The SMILES string of the molecule is COC1(COc2ccccc2)CCCN(C(=O)CN(C)C2CCCC2)C1. The van der Waals surface area contributed by atoms with Gasteiger partial charge in [-0.25, -0.2) is 0 Å². The van der Waals surface area contributed by atoms with Gasteiger partial charge in [-0.1, -0.05) is 31.0 Å². The Morgan fingerprint density at radius 2 is 1.96 bits per heavy atom. The molecule has 1 aromatic rings. The van der Waals surface area contributed by atoms with E-state index in [9.17, 15) is 4.79 Å². The number of likely N-dealkylation sites (N-methyl/N-ethyl adjacent to an activating group) is 1. The molecule has 0 spiro atoms. The van der Waals surface area contributed by atoms with Crippen molar-refractivity contribution in [1.82, 2.24) is 9.80 Å². The summed E-state index contributed by atoms with van der Waals surface area (Å²) in [4.78, 5) is 17.0. The van der Waals surface area contributed by atoms with E-state index >= 15 is 0 Å². The fourth-order valence-electron chi connectivity index (χ4n) is 4.17. The molecule has 5 nitrogen and oxygen atoms in total. The Morgan fingerprint density at radius 3 is 2.65 bits per heavy atom. The molecular weight excluding hydrogens is 328 g/mol. The first-order valence-electron chi connectivity index (χ1n) is 9.83. The molecule has 144 valence electrons. The van der Waals surface area contributed by atoms with E-state index in [0.717, 1.165) is 25.1 Å². The lowest BCUT2D eigenvalue weighted by atomic mass is 9.93. The minimum Gasteiger partial charge on any atom is -0.491 e. The second kappa shape index (κ2) is 8.87. The number of likely N-dealkylation sites (tertiary alicyclic amines) is 1. The lowest BCUT2D eigenvalue weighted by Gasteiger charge is -2.42. The first-order chi connectivity index (χ1) is 12.6. The van der Waals surface area contributed by atoms with Gasteiger partial charge in [0.1, 0.15) is 18.0 Å². The topological polar surface area (TPSA) is 42.0 Å². The van der Waals surface area contributed by atoms with Crippen LogP contribution in [-0.2, 0) is 9.53 Å². The van der Waals surface area contributed by atoms with Crippen LogP contribution in [0.4, 0.5) is 0 Å². The Bertz CT molecular complexity index is 574. The van der Waals surface area contributed by atoms with Crippen molar-refractivity contribution < 1.29 is 14.3 Å². The van der Waals surface area contributed by atoms with E-state index in [1.807, 2.05) is 35.2 Å². The zero-order chi connectivity index (χ0) is 18.4. The zero-order valence-electron chi connectivity index (χ0n) is 16.2. The van der Waals surface area contributed by atoms with E-state index in [1.54, 1.807) is 7.11 Å². The van der Waals surface area contributed by atoms with E-state index < -0.39 is 5.60 Å². The molecule has 1 unspecified atom stereocenters. The predicted octanol–water partition coefficient (Wildman–Crippen LogP) is 2.95. The van der Waals surface area contributed by atoms with Crippen LogP contribution < -0.4 is 4.74 Å². The number of piperidine rings is 1. The van der Waals surface area contributed by atoms with Crippen molar-refractivity contribution >= 4 is 5.91 Å². The van der Waals surface area contributed by atoms with E-state index in [-0.39, 0.29) is 5.91 Å². The number of methoxy groups -OCH3 is 1. The molecule has 0 N–H and O–H groups in total. The molecule has 2 aliphatic rings. The molecule has 1 saturated heterocycles. The molecule has 1 aliphatic heterocycles. The maximum Gasteiger partial charge on any atom is 0.236 e. The maximum atomic E-state index is 12.8. The van der Waals surface area contributed by atoms with Crippen LogP contribution in [0.3, 0.4) is 0 Å². The largest absolute Gasteiger partial charge is 0.491 e. The highest BCUT2D eigenvalue weighted by Gasteiger charge is 2.38. The van der Waals surface area contributed by atoms with Gasteiger partial charge in [-0.05, 0) is 44.9 Å². The molecule has 5 heteroatoms. The molecule has 26 heavy (non-hydrogen) atoms. The third-order valence-electron chi connectivity index (χ3n) is 5.90. The summed E-state index contributed by atoms with van der Waals surface area (Å²) in [5.74, 6) is 1.05. The molecule has 1 aromatic carbocycles. The van der Waals surface area contributed by atoms with Gasteiger partial charge in [0.15, 0.2) is 0 Å². The molecule has 1 aliphatic carbocycles. The molecule has 0 aromatic heterocycles. The first-order valence-corrected chi connectivity index (χ1v) is 9.83. The van der Waals surface area contributed by atoms with Gasteiger partial charge in [0.05, 0.1) is 13.1 Å². The highest BCUT2D eigenvalue weighted by molar-refractivity contribution is 5.78. The first kappa shape index (κ1) is 19.2. The molecule has 0 radical (unpaired) electrons. The summed E-state index contributed by atoms with van der Waals surface area (Å²) in [6, 6.07) is 10.4. The number of amides is 1. The number of hydrogen-bond acceptors (Lipinski definition) is 4. The van der Waals surface area contributed by atoms with Crippen LogP contribution in [0.5, 0.6) is 5.75 Å². The maximum absolute atomic E-state index is 12.8. The van der Waals surface area contributed by atoms with Crippen molar-refractivity contribution in [1.29, 1.82) is 0 Å². The monoisotopic (exact) mass is 360 g/mol. The van der Waals surface area contributed by atoms with Crippen LogP contribution in [0, 0.1) is 0 Å². The van der Waals surface area contributed by atoms with Crippen molar-refractivity contribution in [3.63, 3.8) is 0 Å². The van der Waals surface area contributed by atoms with Gasteiger partial charge in [0.25, 0.3) is 0 Å². The molecule has 1 amide bonds. The lowest BCUT2D eigenvalue weighted by molar-refractivity contribution is -0.144. The van der Waals surface area contributed by atoms with Gasteiger partial charge in [-0.2, -0.15) is 0 Å². The second-order valence-electron chi connectivity index (χ2n) is 7.76. The third-order valence-corrected chi connectivity index (χ3v) is 5.90. The van der Waals surface area contributed by atoms with Crippen LogP contribution in [0.15, 0.2) is 30.3 Å². The number of nitrogens with zero attached hydrogens (tertiary/aromatic N) is 2. The molecular formula is C21H32N2O3. The Morgan fingerprint density at radius 1 is 1.23 bits per heavy atom. The number of benzene rings is 1. The van der Waals surface area contributed by atoms with Crippen LogP contribution >= 0.6 is 0 Å². The number of carbonyl (C=O) groups is 1. The van der Waals surface area contributed by atoms with Crippen molar-refractivity contribution in [2.75, 3.05) is 40.4 Å². The van der Waals surface area contributed by atoms with Gasteiger partial charge >= 0.3 is 0 Å². The van der Waals surface area contributed by atoms with Crippen LogP contribution in [0.1, 0.15) is 38.5 Å². The molecule has 1 heterocycles. The Hall–Kier alpha value is -1.59. The standard InChI is InChI=1S/C21H32N2O3/c1-22(18-9-6-7-10-18)15-20(24)23-14-8-13-21(16-23,25-2)17-26-19-11-4-3-5-12-19/h3-5,11-12,18H,6-10,13-17H2,1-2H3. The Balaban J connectivity index is 1.56. The predicted molar refractivity (Wildman–Crippen MR) is 102 cm³/mol. The number of para-hydroxylation sites is 1. The number of carbonyl (C=O) groups excluding carboxylic acids is 1. The van der Waals surface area contributed by atoms with Gasteiger partial charge in [-0.3, -0.25) is 9.69 Å². The molecule has 2 fully saturated rings. The van der Waals surface area contributed by atoms with E-state index in [0.29, 0.717) is 25.7 Å². The third kappa shape index (κ3) is 4.77. The van der Waals surface area contributed by atoms with Crippen molar-refractivity contribution in [2.45, 2.75) is 50.2 Å². The molecule has 0 bridgehead atoms. The average Bonchev–Trinajstić information content (AvgIpc) is 3.22. The fourth-order valence-corrected chi connectivity index (χ4v) is 4.17. The van der Waals surface area contributed by atoms with Crippen molar-refractivity contribution in [3.05, 3.63) is 30.3 Å².